The van der Waals surface area contributed by atoms with Gasteiger partial charge in [0.25, 0.3) is 0 Å². The van der Waals surface area contributed by atoms with E-state index in [2.05, 4.69) is 6.08 Å². The first kappa shape index (κ1) is 16.7. The molecule has 2 aromatic carbocycles. The van der Waals surface area contributed by atoms with E-state index in [0.29, 0.717) is 11.1 Å². The van der Waals surface area contributed by atoms with Crippen molar-refractivity contribution in [3.8, 4) is 16.9 Å². The lowest BCUT2D eigenvalue weighted by molar-refractivity contribution is 0.386. The third-order valence-corrected chi connectivity index (χ3v) is 5.11. The van der Waals surface area contributed by atoms with Gasteiger partial charge in [0.1, 0.15) is 0 Å². The van der Waals surface area contributed by atoms with Gasteiger partial charge in [0.2, 0.25) is 10.0 Å². The molecule has 3 rings (SSSR count). The van der Waals surface area contributed by atoms with Crippen molar-refractivity contribution in [3.63, 3.8) is 0 Å². The van der Waals surface area contributed by atoms with Gasteiger partial charge < -0.3 is 4.74 Å². The second kappa shape index (κ2) is 6.37. The highest BCUT2D eigenvalue weighted by atomic mass is 32.2. The molecule has 0 saturated carbocycles. The van der Waals surface area contributed by atoms with Crippen molar-refractivity contribution < 1.29 is 17.5 Å². The Morgan fingerprint density at radius 2 is 2.00 bits per heavy atom. The molecule has 0 heterocycles. The summed E-state index contributed by atoms with van der Waals surface area (Å²) in [6, 6.07) is 9.37. The number of benzene rings is 2. The predicted octanol–water partition coefficient (Wildman–Crippen LogP) is 3.72. The SMILES string of the molecule is COc1ccc(-c2c(C3=CCCC3)cccc2S(N)(=O)=O)cc1F. The number of hydrogen-bond donors (Lipinski definition) is 1. The van der Waals surface area contributed by atoms with Crippen LogP contribution in [-0.2, 0) is 10.0 Å². The Bertz CT molecular complexity index is 920. The molecule has 24 heavy (non-hydrogen) atoms. The number of rotatable bonds is 4. The zero-order valence-electron chi connectivity index (χ0n) is 13.3. The predicted molar refractivity (Wildman–Crippen MR) is 91.6 cm³/mol. The maximum absolute atomic E-state index is 14.2. The Hall–Kier alpha value is -2.18. The third kappa shape index (κ3) is 3.07. The fourth-order valence-corrected chi connectivity index (χ4v) is 3.85. The van der Waals surface area contributed by atoms with E-state index >= 15 is 0 Å². The van der Waals surface area contributed by atoms with Crippen LogP contribution in [0, 0.1) is 5.82 Å². The number of hydrogen-bond acceptors (Lipinski definition) is 3. The van der Waals surface area contributed by atoms with Gasteiger partial charge in [-0.05, 0) is 54.2 Å². The van der Waals surface area contributed by atoms with Crippen molar-refractivity contribution in [3.05, 3.63) is 53.9 Å². The molecule has 6 heteroatoms. The molecular weight excluding hydrogens is 329 g/mol. The molecule has 0 spiro atoms. The normalized spacial score (nSPS) is 14.5. The smallest absolute Gasteiger partial charge is 0.238 e. The van der Waals surface area contributed by atoms with Crippen LogP contribution in [0.4, 0.5) is 4.39 Å². The van der Waals surface area contributed by atoms with Crippen molar-refractivity contribution in [1.29, 1.82) is 0 Å². The van der Waals surface area contributed by atoms with Crippen LogP contribution in [0.3, 0.4) is 0 Å². The summed E-state index contributed by atoms with van der Waals surface area (Å²) in [7, 11) is -2.56. The van der Waals surface area contributed by atoms with Crippen LogP contribution < -0.4 is 9.88 Å². The maximum Gasteiger partial charge on any atom is 0.238 e. The molecule has 126 valence electrons. The molecule has 0 aliphatic heterocycles. The van der Waals surface area contributed by atoms with Crippen LogP contribution in [0.2, 0.25) is 0 Å². The van der Waals surface area contributed by atoms with Gasteiger partial charge in [-0.1, -0.05) is 24.3 Å². The fraction of sp³-hybridized carbons (Fsp3) is 0.222. The maximum atomic E-state index is 14.2. The van der Waals surface area contributed by atoms with E-state index in [0.717, 1.165) is 30.4 Å². The summed E-state index contributed by atoms with van der Waals surface area (Å²) in [5, 5.41) is 5.39. The Kier molecular flexibility index (Phi) is 4.43. The van der Waals surface area contributed by atoms with Crippen LogP contribution in [0.1, 0.15) is 24.8 Å². The van der Waals surface area contributed by atoms with Crippen molar-refractivity contribution in [2.75, 3.05) is 7.11 Å². The zero-order valence-corrected chi connectivity index (χ0v) is 14.1. The molecule has 0 radical (unpaired) electrons. The van der Waals surface area contributed by atoms with Crippen LogP contribution in [-0.4, -0.2) is 15.5 Å². The quantitative estimate of drug-likeness (QED) is 0.916. The third-order valence-electron chi connectivity index (χ3n) is 4.16. The molecule has 4 nitrogen and oxygen atoms in total. The van der Waals surface area contributed by atoms with Gasteiger partial charge in [-0.2, -0.15) is 0 Å². The summed E-state index contributed by atoms with van der Waals surface area (Å²) >= 11 is 0. The topological polar surface area (TPSA) is 69.4 Å². The zero-order chi connectivity index (χ0) is 17.3. The van der Waals surface area contributed by atoms with Gasteiger partial charge in [-0.15, -0.1) is 0 Å². The summed E-state index contributed by atoms with van der Waals surface area (Å²) < 4.78 is 43.2. The van der Waals surface area contributed by atoms with E-state index in [-0.39, 0.29) is 10.6 Å². The van der Waals surface area contributed by atoms with E-state index in [1.807, 2.05) is 6.07 Å². The van der Waals surface area contributed by atoms with Gasteiger partial charge in [0.05, 0.1) is 12.0 Å². The van der Waals surface area contributed by atoms with Crippen LogP contribution in [0.15, 0.2) is 47.4 Å². The Morgan fingerprint density at radius 3 is 2.58 bits per heavy atom. The summed E-state index contributed by atoms with van der Waals surface area (Å²) in [4.78, 5) is -0.00244. The standard InChI is InChI=1S/C18H18FNO3S/c1-23-16-10-9-13(11-15(16)19)18-14(12-5-2-3-6-12)7-4-8-17(18)24(20,21)22/h4-5,7-11H,2-3,6H2,1H3,(H2,20,21,22). The Labute approximate surface area is 140 Å². The number of sulfonamides is 1. The molecule has 0 amide bonds. The first-order chi connectivity index (χ1) is 11.4. The highest BCUT2D eigenvalue weighted by molar-refractivity contribution is 7.89. The second-order valence-electron chi connectivity index (χ2n) is 5.69. The van der Waals surface area contributed by atoms with Crippen molar-refractivity contribution in [2.24, 2.45) is 5.14 Å². The first-order valence-corrected chi connectivity index (χ1v) is 9.15. The molecule has 1 aliphatic rings. The second-order valence-corrected chi connectivity index (χ2v) is 7.22. The average molecular weight is 347 g/mol. The van der Waals surface area contributed by atoms with E-state index < -0.39 is 15.8 Å². The summed E-state index contributed by atoms with van der Waals surface area (Å²) in [6.07, 6.45) is 4.92. The molecule has 0 aromatic heterocycles. The van der Waals surface area contributed by atoms with E-state index in [9.17, 15) is 12.8 Å². The number of primary sulfonamides is 1. The molecule has 0 atom stereocenters. The van der Waals surface area contributed by atoms with Crippen molar-refractivity contribution in [2.45, 2.75) is 24.2 Å². The number of allylic oxidation sites excluding steroid dienone is 2. The molecule has 0 fully saturated rings. The highest BCUT2D eigenvalue weighted by Crippen LogP contribution is 2.39. The monoisotopic (exact) mass is 347 g/mol. The van der Waals surface area contributed by atoms with Gasteiger partial charge in [0.15, 0.2) is 11.6 Å². The lowest BCUT2D eigenvalue weighted by Crippen LogP contribution is -2.14. The van der Waals surface area contributed by atoms with Crippen LogP contribution in [0.25, 0.3) is 16.7 Å². The fourth-order valence-electron chi connectivity index (χ4n) is 3.07. The van der Waals surface area contributed by atoms with Crippen LogP contribution >= 0.6 is 0 Å². The summed E-state index contributed by atoms with van der Waals surface area (Å²) in [5.74, 6) is -0.445. The lowest BCUT2D eigenvalue weighted by Gasteiger charge is -2.16. The minimum absolute atomic E-state index is 0.00244. The molecular formula is C18H18FNO3S. The Balaban J connectivity index is 2.29. The van der Waals surface area contributed by atoms with Gasteiger partial charge in [-0.25, -0.2) is 17.9 Å². The largest absolute Gasteiger partial charge is 0.494 e. The van der Waals surface area contributed by atoms with E-state index in [4.69, 9.17) is 9.88 Å². The van der Waals surface area contributed by atoms with Crippen LogP contribution in [0.5, 0.6) is 5.75 Å². The number of halogens is 1. The van der Waals surface area contributed by atoms with Crippen molar-refractivity contribution in [1.82, 2.24) is 0 Å². The number of nitrogens with two attached hydrogens (primary N) is 1. The molecule has 0 bridgehead atoms. The molecule has 0 unspecified atom stereocenters. The molecule has 0 saturated heterocycles. The van der Waals surface area contributed by atoms with Gasteiger partial charge >= 0.3 is 0 Å². The summed E-state index contributed by atoms with van der Waals surface area (Å²) in [5.41, 5.74) is 2.74. The van der Waals surface area contributed by atoms with Crippen molar-refractivity contribution >= 4 is 15.6 Å². The van der Waals surface area contributed by atoms with Gasteiger partial charge in [-0.3, -0.25) is 0 Å². The Morgan fingerprint density at radius 1 is 1.21 bits per heavy atom. The molecule has 1 aliphatic carbocycles. The highest BCUT2D eigenvalue weighted by Gasteiger charge is 2.22. The number of ether oxygens (including phenoxy) is 1. The number of methoxy groups -OCH3 is 1. The summed E-state index contributed by atoms with van der Waals surface area (Å²) in [6.45, 7) is 0. The lowest BCUT2D eigenvalue weighted by atomic mass is 9.94. The molecule has 2 aromatic rings. The first-order valence-electron chi connectivity index (χ1n) is 7.61. The average Bonchev–Trinajstić information content (AvgIpc) is 3.07. The van der Waals surface area contributed by atoms with Gasteiger partial charge in [0, 0.05) is 5.56 Å². The molecule has 2 N–H and O–H groups in total. The minimum atomic E-state index is -3.94. The van der Waals surface area contributed by atoms with E-state index in [1.54, 1.807) is 12.1 Å². The van der Waals surface area contributed by atoms with E-state index in [1.165, 1.54) is 25.3 Å². The minimum Gasteiger partial charge on any atom is -0.494 e.